The normalized spacial score (nSPS) is 39.4. The van der Waals surface area contributed by atoms with Gasteiger partial charge in [0, 0.05) is 51.0 Å². The number of ether oxygens (including phenoxy) is 3. The summed E-state index contributed by atoms with van der Waals surface area (Å²) in [5.41, 5.74) is 2.18. The third-order valence-electron chi connectivity index (χ3n) is 10.8. The summed E-state index contributed by atoms with van der Waals surface area (Å²) in [6, 6.07) is 22.1. The minimum atomic E-state index is -0.750. The highest BCUT2D eigenvalue weighted by Gasteiger charge is 2.69. The van der Waals surface area contributed by atoms with Crippen LogP contribution in [0.2, 0.25) is 0 Å². The van der Waals surface area contributed by atoms with Crippen molar-refractivity contribution in [2.45, 2.75) is 76.5 Å². The maximum Gasteiger partial charge on any atom is 0.201 e. The molecule has 2 aromatic carbocycles. The second kappa shape index (κ2) is 11.3. The van der Waals surface area contributed by atoms with Crippen LogP contribution in [0.5, 0.6) is 0 Å². The van der Waals surface area contributed by atoms with Gasteiger partial charge < -0.3 is 14.2 Å². The number of benzene rings is 2. The minimum absolute atomic E-state index is 0.213. The van der Waals surface area contributed by atoms with Crippen LogP contribution in [0.1, 0.15) is 63.6 Å². The molecular weight excluding hydrogens is 516 g/mol. The van der Waals surface area contributed by atoms with Gasteiger partial charge in [-0.15, -0.1) is 0 Å². The van der Waals surface area contributed by atoms with Crippen molar-refractivity contribution >= 4 is 0 Å². The molecule has 7 nitrogen and oxygen atoms in total. The van der Waals surface area contributed by atoms with Gasteiger partial charge in [-0.05, 0) is 49.1 Å². The first-order valence-electron chi connectivity index (χ1n) is 15.8. The van der Waals surface area contributed by atoms with Crippen molar-refractivity contribution in [2.75, 3.05) is 39.3 Å². The van der Waals surface area contributed by atoms with E-state index in [-0.39, 0.29) is 18.2 Å². The summed E-state index contributed by atoms with van der Waals surface area (Å²) in [5.74, 6) is 0.707. The van der Waals surface area contributed by atoms with E-state index in [1.165, 1.54) is 17.5 Å². The molecule has 6 fully saturated rings. The van der Waals surface area contributed by atoms with Gasteiger partial charge in [-0.1, -0.05) is 74.5 Å². The van der Waals surface area contributed by atoms with Crippen LogP contribution in [0, 0.1) is 23.7 Å². The van der Waals surface area contributed by atoms with Gasteiger partial charge in [0.05, 0.1) is 12.6 Å². The Morgan fingerprint density at radius 2 is 1.54 bits per heavy atom. The Balaban J connectivity index is 0.967. The monoisotopic (exact) mass is 562 g/mol. The number of hydrogen-bond acceptors (Lipinski definition) is 7. The first-order chi connectivity index (χ1) is 20.0. The van der Waals surface area contributed by atoms with E-state index in [0.717, 1.165) is 52.0 Å². The van der Waals surface area contributed by atoms with Gasteiger partial charge in [-0.3, -0.25) is 9.80 Å². The highest BCUT2D eigenvalue weighted by molar-refractivity contribution is 5.32. The first-order valence-corrected chi connectivity index (χ1v) is 15.8. The smallest absolute Gasteiger partial charge is 0.201 e. The number of nitrogens with zero attached hydrogens (tertiary/aromatic N) is 2. The molecule has 0 N–H and O–H groups in total. The van der Waals surface area contributed by atoms with Crippen molar-refractivity contribution in [3.63, 3.8) is 0 Å². The molecule has 8 rings (SSSR count). The van der Waals surface area contributed by atoms with Crippen LogP contribution in [0.25, 0.3) is 0 Å². The van der Waals surface area contributed by atoms with Gasteiger partial charge in [-0.25, -0.2) is 9.78 Å². The second-order valence-electron chi connectivity index (χ2n) is 13.2. The van der Waals surface area contributed by atoms with Gasteiger partial charge in [-0.2, -0.15) is 0 Å². The minimum Gasteiger partial charge on any atom is -0.351 e. The van der Waals surface area contributed by atoms with Gasteiger partial charge in [0.1, 0.15) is 0 Å². The van der Waals surface area contributed by atoms with Crippen LogP contribution in [-0.2, 0) is 24.0 Å². The molecule has 2 unspecified atom stereocenters. The molecule has 1 spiro atoms. The van der Waals surface area contributed by atoms with Crippen molar-refractivity contribution in [2.24, 2.45) is 23.7 Å². The number of hydrogen-bond donors (Lipinski definition) is 0. The molecule has 0 aromatic heterocycles. The molecule has 0 radical (unpaired) electrons. The molecule has 2 bridgehead atoms. The summed E-state index contributed by atoms with van der Waals surface area (Å²) < 4.78 is 19.6. The second-order valence-corrected chi connectivity index (χ2v) is 13.2. The van der Waals surface area contributed by atoms with Crippen LogP contribution in [0.4, 0.5) is 0 Å². The summed E-state index contributed by atoms with van der Waals surface area (Å²) in [7, 11) is 0. The Hall–Kier alpha value is -1.84. The van der Waals surface area contributed by atoms with Crippen molar-refractivity contribution in [1.29, 1.82) is 0 Å². The average molecular weight is 563 g/mol. The fraction of sp³-hybridized carbons (Fsp3) is 0.647. The SMILES string of the molecule is C[C@@H]1CCC2[C@@H](C)[C@@H](OCCN3CCN(C(c4ccccc4)c4ccccc4)CC3)O[C@@H]3O[C@@]4(C)CCC1[C@@]23OO4. The van der Waals surface area contributed by atoms with Crippen LogP contribution < -0.4 is 0 Å². The molecule has 41 heavy (non-hydrogen) atoms. The Morgan fingerprint density at radius 3 is 2.22 bits per heavy atom. The predicted octanol–water partition coefficient (Wildman–Crippen LogP) is 5.62. The fourth-order valence-electron chi connectivity index (χ4n) is 8.49. The average Bonchev–Trinajstić information content (AvgIpc) is 3.23. The van der Waals surface area contributed by atoms with E-state index in [4.69, 9.17) is 24.0 Å². The molecule has 0 amide bonds. The van der Waals surface area contributed by atoms with E-state index in [2.05, 4.69) is 84.3 Å². The van der Waals surface area contributed by atoms with E-state index in [1.54, 1.807) is 0 Å². The molecule has 222 valence electrons. The molecule has 8 atom stereocenters. The van der Waals surface area contributed by atoms with E-state index >= 15 is 0 Å². The maximum absolute atomic E-state index is 6.62. The Kier molecular flexibility index (Phi) is 7.74. The standard InChI is InChI=1S/C34H46N2O5/c1-24-14-15-29-25(2)31(38-32-34(29)28(24)16-17-33(3,39-32)40-41-34)37-23-22-35-18-20-36(21-19-35)30(26-10-6-4-7-11-26)27-12-8-5-9-13-27/h4-13,24-25,28-32H,14-23H2,1-3H3/t24-,25-,28?,29?,31+,32-,33-,34-/m1/s1. The molecular formula is C34H46N2O5. The molecule has 5 saturated heterocycles. The fourth-order valence-corrected chi connectivity index (χ4v) is 8.49. The lowest BCUT2D eigenvalue weighted by Crippen LogP contribution is -2.70. The number of fused-ring (bicyclic) bond motifs is 2. The zero-order chi connectivity index (χ0) is 28.0. The zero-order valence-corrected chi connectivity index (χ0v) is 24.8. The lowest BCUT2D eigenvalue weighted by molar-refractivity contribution is -0.577. The molecule has 1 saturated carbocycles. The molecule has 5 aliphatic heterocycles. The lowest BCUT2D eigenvalue weighted by atomic mass is 9.58. The Bertz CT molecular complexity index is 1120. The van der Waals surface area contributed by atoms with Crippen molar-refractivity contribution in [1.82, 2.24) is 9.80 Å². The molecule has 5 heterocycles. The predicted molar refractivity (Wildman–Crippen MR) is 156 cm³/mol. The summed E-state index contributed by atoms with van der Waals surface area (Å²) in [6.45, 7) is 12.3. The Labute approximate surface area is 245 Å². The summed E-state index contributed by atoms with van der Waals surface area (Å²) in [4.78, 5) is 17.4. The summed E-state index contributed by atoms with van der Waals surface area (Å²) in [6.07, 6.45) is 3.44. The largest absolute Gasteiger partial charge is 0.351 e. The van der Waals surface area contributed by atoms with Crippen molar-refractivity contribution in [3.05, 3.63) is 71.8 Å². The summed E-state index contributed by atoms with van der Waals surface area (Å²) in [5, 5.41) is 0. The highest BCUT2D eigenvalue weighted by Crippen LogP contribution is 2.60. The van der Waals surface area contributed by atoms with E-state index in [0.29, 0.717) is 24.4 Å². The van der Waals surface area contributed by atoms with E-state index < -0.39 is 17.7 Å². The van der Waals surface area contributed by atoms with Gasteiger partial charge in [0.15, 0.2) is 18.2 Å². The lowest BCUT2D eigenvalue weighted by Gasteiger charge is -2.60. The Morgan fingerprint density at radius 1 is 0.854 bits per heavy atom. The maximum atomic E-state index is 6.62. The molecule has 1 aliphatic carbocycles. The van der Waals surface area contributed by atoms with Crippen molar-refractivity contribution < 1.29 is 24.0 Å². The first kappa shape index (κ1) is 28.0. The number of piperazine rings is 1. The quantitative estimate of drug-likeness (QED) is 0.406. The van der Waals surface area contributed by atoms with E-state index in [1.807, 2.05) is 6.92 Å². The number of rotatable bonds is 7. The van der Waals surface area contributed by atoms with Gasteiger partial charge in [0.25, 0.3) is 0 Å². The van der Waals surface area contributed by atoms with Crippen LogP contribution in [0.3, 0.4) is 0 Å². The van der Waals surface area contributed by atoms with E-state index in [9.17, 15) is 0 Å². The molecule has 2 aromatic rings. The van der Waals surface area contributed by atoms with Crippen LogP contribution in [0.15, 0.2) is 60.7 Å². The van der Waals surface area contributed by atoms with Gasteiger partial charge in [0.2, 0.25) is 5.79 Å². The van der Waals surface area contributed by atoms with Crippen LogP contribution >= 0.6 is 0 Å². The van der Waals surface area contributed by atoms with Gasteiger partial charge >= 0.3 is 0 Å². The summed E-state index contributed by atoms with van der Waals surface area (Å²) >= 11 is 0. The third kappa shape index (κ3) is 5.07. The molecule has 6 aliphatic rings. The molecule has 7 heteroatoms. The third-order valence-corrected chi connectivity index (χ3v) is 10.8. The van der Waals surface area contributed by atoms with Crippen LogP contribution in [-0.4, -0.2) is 73.1 Å². The zero-order valence-electron chi connectivity index (χ0n) is 24.8. The van der Waals surface area contributed by atoms with Crippen molar-refractivity contribution in [3.8, 4) is 0 Å². The topological polar surface area (TPSA) is 52.6 Å². The highest BCUT2D eigenvalue weighted by atomic mass is 17.3.